The van der Waals surface area contributed by atoms with Gasteiger partial charge in [-0.15, -0.1) is 0 Å². The molecule has 1 aliphatic carbocycles. The fourth-order valence-electron chi connectivity index (χ4n) is 6.10. The van der Waals surface area contributed by atoms with Crippen molar-refractivity contribution in [3.8, 4) is 0 Å². The Morgan fingerprint density at radius 1 is 0.812 bits per heavy atom. The SMILES string of the molecule is Cc1ccc(S(=O)(=O)N(CC(=O)N(Cc2ccc(Cl)cc2)[C@H](Cc2ccccc2)C(=O)NC2CCCCC2)c2cccc(Cl)c2C)cc1. The van der Waals surface area contributed by atoms with Crippen molar-refractivity contribution in [2.45, 2.75) is 75.9 Å². The van der Waals surface area contributed by atoms with Crippen LogP contribution >= 0.6 is 23.2 Å². The van der Waals surface area contributed by atoms with E-state index < -0.39 is 28.5 Å². The Bertz CT molecular complexity index is 1810. The van der Waals surface area contributed by atoms with E-state index in [2.05, 4.69) is 5.32 Å². The molecule has 1 atom stereocenters. The first kappa shape index (κ1) is 35.5. The summed E-state index contributed by atoms with van der Waals surface area (Å²) in [4.78, 5) is 30.5. The van der Waals surface area contributed by atoms with Gasteiger partial charge in [0.05, 0.1) is 10.6 Å². The molecule has 0 saturated heterocycles. The molecule has 1 saturated carbocycles. The van der Waals surface area contributed by atoms with Crippen molar-refractivity contribution in [1.29, 1.82) is 0 Å². The van der Waals surface area contributed by atoms with E-state index in [0.29, 0.717) is 15.6 Å². The van der Waals surface area contributed by atoms with Crippen molar-refractivity contribution < 1.29 is 18.0 Å². The fourth-order valence-corrected chi connectivity index (χ4v) is 7.87. The first-order valence-corrected chi connectivity index (χ1v) is 18.5. The second-order valence-corrected chi connectivity index (χ2v) is 15.1. The highest BCUT2D eigenvalue weighted by Crippen LogP contribution is 2.32. The average molecular weight is 707 g/mol. The maximum Gasteiger partial charge on any atom is 0.264 e. The van der Waals surface area contributed by atoms with Crippen LogP contribution in [0.4, 0.5) is 5.69 Å². The van der Waals surface area contributed by atoms with Crippen LogP contribution in [-0.2, 0) is 32.6 Å². The number of rotatable bonds is 12. The van der Waals surface area contributed by atoms with Gasteiger partial charge in [-0.05, 0) is 79.8 Å². The van der Waals surface area contributed by atoms with Crippen LogP contribution < -0.4 is 9.62 Å². The molecule has 7 nitrogen and oxygen atoms in total. The summed E-state index contributed by atoms with van der Waals surface area (Å²) >= 11 is 12.7. The van der Waals surface area contributed by atoms with E-state index in [1.807, 2.05) is 49.4 Å². The van der Waals surface area contributed by atoms with E-state index in [1.165, 1.54) is 17.0 Å². The molecule has 0 bridgehead atoms. The van der Waals surface area contributed by atoms with Gasteiger partial charge in [-0.25, -0.2) is 8.42 Å². The Kier molecular flexibility index (Phi) is 11.8. The zero-order valence-electron chi connectivity index (χ0n) is 27.2. The van der Waals surface area contributed by atoms with Gasteiger partial charge in [0.25, 0.3) is 10.0 Å². The molecule has 0 spiro atoms. The number of halogens is 2. The van der Waals surface area contributed by atoms with Gasteiger partial charge in [0.15, 0.2) is 0 Å². The predicted molar refractivity (Wildman–Crippen MR) is 193 cm³/mol. The number of hydrogen-bond donors (Lipinski definition) is 1. The number of aryl methyl sites for hydroxylation is 1. The van der Waals surface area contributed by atoms with Gasteiger partial charge in [-0.2, -0.15) is 0 Å². The van der Waals surface area contributed by atoms with Crippen LogP contribution in [-0.4, -0.2) is 43.8 Å². The minimum absolute atomic E-state index is 0.0181. The molecule has 10 heteroatoms. The highest BCUT2D eigenvalue weighted by Gasteiger charge is 2.36. The van der Waals surface area contributed by atoms with Crippen molar-refractivity contribution in [3.63, 3.8) is 0 Å². The van der Waals surface area contributed by atoms with Crippen LogP contribution in [0.5, 0.6) is 0 Å². The topological polar surface area (TPSA) is 86.8 Å². The molecule has 2 amide bonds. The average Bonchev–Trinajstić information content (AvgIpc) is 3.08. The summed E-state index contributed by atoms with van der Waals surface area (Å²) in [5, 5.41) is 4.14. The van der Waals surface area contributed by atoms with Gasteiger partial charge >= 0.3 is 0 Å². The second-order valence-electron chi connectivity index (χ2n) is 12.4. The Labute approximate surface area is 293 Å². The zero-order chi connectivity index (χ0) is 34.3. The molecule has 0 radical (unpaired) electrons. The van der Waals surface area contributed by atoms with E-state index in [-0.39, 0.29) is 35.5 Å². The van der Waals surface area contributed by atoms with Gasteiger partial charge in [-0.3, -0.25) is 13.9 Å². The summed E-state index contributed by atoms with van der Waals surface area (Å²) in [6.07, 6.45) is 5.21. The van der Waals surface area contributed by atoms with Crippen molar-refractivity contribution in [1.82, 2.24) is 10.2 Å². The van der Waals surface area contributed by atoms with Crippen molar-refractivity contribution >= 4 is 50.7 Å². The number of nitrogens with zero attached hydrogens (tertiary/aromatic N) is 2. The summed E-state index contributed by atoms with van der Waals surface area (Å²) < 4.78 is 29.8. The predicted octanol–water partition coefficient (Wildman–Crippen LogP) is 7.89. The molecule has 0 aliphatic heterocycles. The minimum Gasteiger partial charge on any atom is -0.352 e. The van der Waals surface area contributed by atoms with E-state index in [1.54, 1.807) is 49.4 Å². The molecule has 0 aromatic heterocycles. The first-order valence-electron chi connectivity index (χ1n) is 16.3. The molecule has 4 aromatic carbocycles. The van der Waals surface area contributed by atoms with Crippen LogP contribution in [0.15, 0.2) is 102 Å². The molecule has 4 aromatic rings. The molecule has 48 heavy (non-hydrogen) atoms. The summed E-state index contributed by atoms with van der Waals surface area (Å²) in [7, 11) is -4.24. The highest BCUT2D eigenvalue weighted by atomic mass is 35.5. The summed E-state index contributed by atoms with van der Waals surface area (Å²) in [5.41, 5.74) is 3.34. The normalized spacial score (nSPS) is 14.2. The lowest BCUT2D eigenvalue weighted by atomic mass is 9.94. The quantitative estimate of drug-likeness (QED) is 0.162. The highest BCUT2D eigenvalue weighted by molar-refractivity contribution is 7.92. The molecule has 252 valence electrons. The largest absolute Gasteiger partial charge is 0.352 e. The van der Waals surface area contributed by atoms with Crippen LogP contribution in [0.2, 0.25) is 10.0 Å². The van der Waals surface area contributed by atoms with Crippen LogP contribution in [0.3, 0.4) is 0 Å². The van der Waals surface area contributed by atoms with Gasteiger partial charge in [0.1, 0.15) is 12.6 Å². The zero-order valence-corrected chi connectivity index (χ0v) is 29.6. The van der Waals surface area contributed by atoms with E-state index in [4.69, 9.17) is 23.2 Å². The van der Waals surface area contributed by atoms with Crippen molar-refractivity contribution in [2.24, 2.45) is 0 Å². The van der Waals surface area contributed by atoms with E-state index >= 15 is 0 Å². The van der Waals surface area contributed by atoms with Gasteiger partial charge < -0.3 is 10.2 Å². The van der Waals surface area contributed by atoms with E-state index in [9.17, 15) is 18.0 Å². The molecule has 1 fully saturated rings. The first-order chi connectivity index (χ1) is 23.0. The number of nitrogens with one attached hydrogen (secondary N) is 1. The summed E-state index contributed by atoms with van der Waals surface area (Å²) in [5.74, 6) is -0.792. The lowest BCUT2D eigenvalue weighted by molar-refractivity contribution is -0.140. The van der Waals surface area contributed by atoms with Crippen molar-refractivity contribution in [3.05, 3.63) is 129 Å². The molecule has 0 heterocycles. The van der Waals surface area contributed by atoms with E-state index in [0.717, 1.165) is 53.1 Å². The van der Waals surface area contributed by atoms with Gasteiger partial charge in [-0.1, -0.05) is 109 Å². The minimum atomic E-state index is -4.24. The van der Waals surface area contributed by atoms with Crippen LogP contribution in [0.25, 0.3) is 0 Å². The molecular formula is C38H41Cl2N3O4S. The number of hydrogen-bond acceptors (Lipinski definition) is 4. The Hall–Kier alpha value is -3.85. The van der Waals surface area contributed by atoms with Crippen LogP contribution in [0, 0.1) is 13.8 Å². The molecule has 5 rings (SSSR count). The molecule has 1 aliphatic rings. The number of sulfonamides is 1. The lowest BCUT2D eigenvalue weighted by Crippen LogP contribution is -2.55. The van der Waals surface area contributed by atoms with Gasteiger partial charge in [0.2, 0.25) is 11.8 Å². The Morgan fingerprint density at radius 2 is 1.48 bits per heavy atom. The number of benzene rings is 4. The van der Waals surface area contributed by atoms with Gasteiger partial charge in [0, 0.05) is 29.1 Å². The summed E-state index contributed by atoms with van der Waals surface area (Å²) in [6, 6.07) is 27.2. The fraction of sp³-hybridized carbons (Fsp3) is 0.316. The Morgan fingerprint density at radius 3 is 2.15 bits per heavy atom. The maximum absolute atomic E-state index is 14.7. The van der Waals surface area contributed by atoms with Crippen LogP contribution in [0.1, 0.15) is 54.4 Å². The standard InChI is InChI=1S/C38H41Cl2N3O4S/c1-27-16-22-33(23-17-27)48(46,47)43(35-15-9-14-34(40)28(35)2)26-37(44)42(25-30-18-20-31(39)21-19-30)36(24-29-10-5-3-6-11-29)38(45)41-32-12-7-4-8-13-32/h3,5-6,9-11,14-23,32,36H,4,7-8,12-13,24-26H2,1-2H3,(H,41,45)/t36-/m1/s1. The number of carbonyl (C=O) groups excluding carboxylic acids is 2. The second kappa shape index (κ2) is 16.0. The van der Waals surface area contributed by atoms with Crippen molar-refractivity contribution in [2.75, 3.05) is 10.8 Å². The monoisotopic (exact) mass is 705 g/mol. The molecule has 1 N–H and O–H groups in total. The number of anilines is 1. The Balaban J connectivity index is 1.58. The third kappa shape index (κ3) is 8.78. The number of amides is 2. The third-order valence-electron chi connectivity index (χ3n) is 8.88. The summed E-state index contributed by atoms with van der Waals surface area (Å²) in [6.45, 7) is 3.12. The number of carbonyl (C=O) groups is 2. The lowest BCUT2D eigenvalue weighted by Gasteiger charge is -2.35. The molecule has 0 unspecified atom stereocenters. The maximum atomic E-state index is 14.7. The third-order valence-corrected chi connectivity index (χ3v) is 11.3. The smallest absolute Gasteiger partial charge is 0.264 e. The molecular weight excluding hydrogens is 665 g/mol.